The van der Waals surface area contributed by atoms with Gasteiger partial charge in [0.1, 0.15) is 0 Å². The maximum atomic E-state index is 5.89. The molecule has 2 rings (SSSR count). The van der Waals surface area contributed by atoms with Gasteiger partial charge in [0.2, 0.25) is 0 Å². The Labute approximate surface area is 127 Å². The smallest absolute Gasteiger partial charge is 0.0314 e. The number of aryl methyl sites for hydroxylation is 1. The first-order valence-electron chi connectivity index (χ1n) is 6.29. The molecule has 1 atom stereocenters. The highest BCUT2D eigenvalue weighted by Gasteiger charge is 2.05. The number of hydrogen-bond acceptors (Lipinski definition) is 2. The van der Waals surface area contributed by atoms with Crippen molar-refractivity contribution in [2.45, 2.75) is 30.5 Å². The van der Waals surface area contributed by atoms with Crippen molar-refractivity contribution in [1.29, 1.82) is 0 Å². The van der Waals surface area contributed by atoms with Crippen molar-refractivity contribution in [2.75, 3.05) is 0 Å². The quantitative estimate of drug-likeness (QED) is 0.789. The summed E-state index contributed by atoms with van der Waals surface area (Å²) in [6.07, 6.45) is 0. The van der Waals surface area contributed by atoms with Crippen LogP contribution in [0.2, 0.25) is 0 Å². The van der Waals surface area contributed by atoms with Crippen molar-refractivity contribution < 1.29 is 0 Å². The summed E-state index contributed by atoms with van der Waals surface area (Å²) >= 11 is 5.47. The summed E-state index contributed by atoms with van der Waals surface area (Å²) in [5, 5.41) is 0. The maximum Gasteiger partial charge on any atom is 0.0314 e. The summed E-state index contributed by atoms with van der Waals surface area (Å²) in [5.41, 5.74) is 9.71. The lowest BCUT2D eigenvalue weighted by atomic mass is 10.1. The number of benzene rings is 2. The molecule has 0 saturated carbocycles. The largest absolute Gasteiger partial charge is 0.324 e. The fourth-order valence-corrected chi connectivity index (χ4v) is 3.48. The van der Waals surface area contributed by atoms with Gasteiger partial charge >= 0.3 is 0 Å². The molecule has 19 heavy (non-hydrogen) atoms. The number of halogens is 1. The Morgan fingerprint density at radius 1 is 1.21 bits per heavy atom. The highest BCUT2D eigenvalue weighted by Crippen LogP contribution is 2.32. The van der Waals surface area contributed by atoms with Gasteiger partial charge in [-0.2, -0.15) is 0 Å². The standard InChI is InChI=1S/C16H18BrNS/c1-11-4-3-5-13(8-11)10-19-16-7-6-14(12(2)18)9-15(16)17/h3-9,12H,10,18H2,1-2H3. The summed E-state index contributed by atoms with van der Waals surface area (Å²) < 4.78 is 1.12. The molecule has 3 heteroatoms. The first kappa shape index (κ1) is 14.6. The van der Waals surface area contributed by atoms with Crippen LogP contribution in [0.4, 0.5) is 0 Å². The van der Waals surface area contributed by atoms with Crippen LogP contribution in [-0.2, 0) is 5.75 Å². The molecular weight excluding hydrogens is 318 g/mol. The fraction of sp³-hybridized carbons (Fsp3) is 0.250. The minimum Gasteiger partial charge on any atom is -0.324 e. The van der Waals surface area contributed by atoms with Crippen LogP contribution < -0.4 is 5.73 Å². The predicted octanol–water partition coefficient (Wildman–Crippen LogP) is 5.07. The first-order valence-corrected chi connectivity index (χ1v) is 8.07. The van der Waals surface area contributed by atoms with E-state index in [0.29, 0.717) is 0 Å². The molecule has 0 amide bonds. The fourth-order valence-electron chi connectivity index (χ4n) is 1.88. The van der Waals surface area contributed by atoms with E-state index in [4.69, 9.17) is 5.73 Å². The van der Waals surface area contributed by atoms with Crippen LogP contribution in [0.3, 0.4) is 0 Å². The van der Waals surface area contributed by atoms with Crippen LogP contribution in [0.15, 0.2) is 51.8 Å². The van der Waals surface area contributed by atoms with E-state index in [9.17, 15) is 0 Å². The number of hydrogen-bond donors (Lipinski definition) is 1. The topological polar surface area (TPSA) is 26.0 Å². The normalized spacial score (nSPS) is 12.4. The zero-order valence-electron chi connectivity index (χ0n) is 11.2. The van der Waals surface area contributed by atoms with Gasteiger partial charge in [-0.15, -0.1) is 11.8 Å². The lowest BCUT2D eigenvalue weighted by molar-refractivity contribution is 0.815. The van der Waals surface area contributed by atoms with Gasteiger partial charge in [0, 0.05) is 21.2 Å². The van der Waals surface area contributed by atoms with E-state index in [1.165, 1.54) is 16.0 Å². The molecule has 2 aromatic carbocycles. The SMILES string of the molecule is Cc1cccc(CSc2ccc(C(C)N)cc2Br)c1. The molecule has 1 nitrogen and oxygen atoms in total. The Kier molecular flexibility index (Phi) is 5.08. The Morgan fingerprint density at radius 2 is 2.00 bits per heavy atom. The van der Waals surface area contributed by atoms with Gasteiger partial charge in [0.15, 0.2) is 0 Å². The van der Waals surface area contributed by atoms with E-state index < -0.39 is 0 Å². The molecule has 1 unspecified atom stereocenters. The van der Waals surface area contributed by atoms with E-state index in [1.54, 1.807) is 0 Å². The van der Waals surface area contributed by atoms with Gasteiger partial charge in [0.05, 0.1) is 0 Å². The van der Waals surface area contributed by atoms with Crippen LogP contribution in [0.1, 0.15) is 29.7 Å². The second kappa shape index (κ2) is 6.60. The zero-order valence-corrected chi connectivity index (χ0v) is 13.6. The minimum absolute atomic E-state index is 0.0760. The van der Waals surface area contributed by atoms with E-state index in [2.05, 4.69) is 65.3 Å². The summed E-state index contributed by atoms with van der Waals surface area (Å²) in [4.78, 5) is 1.26. The first-order chi connectivity index (χ1) is 9.06. The third kappa shape index (κ3) is 4.10. The van der Waals surface area contributed by atoms with Crippen molar-refractivity contribution in [3.05, 3.63) is 63.6 Å². The summed E-state index contributed by atoms with van der Waals surface area (Å²) in [6, 6.07) is 15.1. The third-order valence-corrected chi connectivity index (χ3v) is 5.02. The summed E-state index contributed by atoms with van der Waals surface area (Å²) in [5.74, 6) is 0.984. The third-order valence-electron chi connectivity index (χ3n) is 2.96. The average Bonchev–Trinajstić information content (AvgIpc) is 2.37. The van der Waals surface area contributed by atoms with Gasteiger partial charge in [-0.25, -0.2) is 0 Å². The molecule has 0 aliphatic carbocycles. The number of thioether (sulfide) groups is 1. The van der Waals surface area contributed by atoms with Crippen LogP contribution in [-0.4, -0.2) is 0 Å². The van der Waals surface area contributed by atoms with E-state index >= 15 is 0 Å². The van der Waals surface area contributed by atoms with Crippen molar-refractivity contribution in [1.82, 2.24) is 0 Å². The lowest BCUT2D eigenvalue weighted by Crippen LogP contribution is -2.04. The molecule has 0 aliphatic rings. The van der Waals surface area contributed by atoms with Gasteiger partial charge in [-0.1, -0.05) is 35.9 Å². The van der Waals surface area contributed by atoms with Crippen LogP contribution >= 0.6 is 27.7 Å². The molecular formula is C16H18BrNS. The lowest BCUT2D eigenvalue weighted by Gasteiger charge is -2.10. The Morgan fingerprint density at radius 3 is 2.63 bits per heavy atom. The molecule has 0 radical (unpaired) electrons. The van der Waals surface area contributed by atoms with Crippen LogP contribution in [0, 0.1) is 6.92 Å². The maximum absolute atomic E-state index is 5.89. The van der Waals surface area contributed by atoms with E-state index in [1.807, 2.05) is 18.7 Å². The van der Waals surface area contributed by atoms with Crippen LogP contribution in [0.25, 0.3) is 0 Å². The Balaban J connectivity index is 2.07. The minimum atomic E-state index is 0.0760. The Hall–Kier alpha value is -0.770. The zero-order chi connectivity index (χ0) is 13.8. The molecule has 0 heterocycles. The van der Waals surface area contributed by atoms with Gasteiger partial charge in [-0.3, -0.25) is 0 Å². The van der Waals surface area contributed by atoms with E-state index in [-0.39, 0.29) is 6.04 Å². The molecule has 0 saturated heterocycles. The van der Waals surface area contributed by atoms with Gasteiger partial charge in [0.25, 0.3) is 0 Å². The van der Waals surface area contributed by atoms with Gasteiger partial charge < -0.3 is 5.73 Å². The number of rotatable bonds is 4. The highest BCUT2D eigenvalue weighted by atomic mass is 79.9. The second-order valence-corrected chi connectivity index (χ2v) is 6.63. The predicted molar refractivity (Wildman–Crippen MR) is 87.5 cm³/mol. The summed E-state index contributed by atoms with van der Waals surface area (Å²) in [7, 11) is 0. The van der Waals surface area contributed by atoms with Crippen molar-refractivity contribution in [3.8, 4) is 0 Å². The van der Waals surface area contributed by atoms with Crippen molar-refractivity contribution in [3.63, 3.8) is 0 Å². The monoisotopic (exact) mass is 335 g/mol. The van der Waals surface area contributed by atoms with Gasteiger partial charge in [-0.05, 0) is 53.0 Å². The molecule has 0 aliphatic heterocycles. The molecule has 0 bridgehead atoms. The highest BCUT2D eigenvalue weighted by molar-refractivity contribution is 9.10. The second-order valence-electron chi connectivity index (χ2n) is 4.76. The average molecular weight is 336 g/mol. The molecule has 100 valence electrons. The van der Waals surface area contributed by atoms with Crippen molar-refractivity contribution in [2.24, 2.45) is 5.73 Å². The molecule has 2 aromatic rings. The molecule has 0 aromatic heterocycles. The Bertz CT molecular complexity index is 566. The molecule has 0 fully saturated rings. The number of nitrogens with two attached hydrogens (primary N) is 1. The van der Waals surface area contributed by atoms with Crippen LogP contribution in [0.5, 0.6) is 0 Å². The molecule has 0 spiro atoms. The molecule has 2 N–H and O–H groups in total. The van der Waals surface area contributed by atoms with Crippen molar-refractivity contribution >= 4 is 27.7 Å². The van der Waals surface area contributed by atoms with E-state index in [0.717, 1.165) is 15.8 Å². The summed E-state index contributed by atoms with van der Waals surface area (Å²) in [6.45, 7) is 4.13.